The lowest BCUT2D eigenvalue weighted by Gasteiger charge is -2.39. The fourth-order valence-electron chi connectivity index (χ4n) is 4.20. The summed E-state index contributed by atoms with van der Waals surface area (Å²) in [5.41, 5.74) is 1.64. The quantitative estimate of drug-likeness (QED) is 0.738. The molecule has 0 radical (unpaired) electrons. The van der Waals surface area contributed by atoms with Crippen LogP contribution in [0.25, 0.3) is 0 Å². The Labute approximate surface area is 116 Å². The first-order chi connectivity index (χ1) is 9.59. The number of ether oxygens (including phenoxy) is 1. The van der Waals surface area contributed by atoms with Crippen molar-refractivity contribution in [3.63, 3.8) is 0 Å². The lowest BCUT2D eigenvalue weighted by molar-refractivity contribution is -0.143. The molecule has 0 amide bonds. The molecule has 4 heteroatoms. The Balaban J connectivity index is 1.79. The topological polar surface area (TPSA) is 56.5 Å². The molecule has 0 spiro atoms. The minimum Gasteiger partial charge on any atom is -0.472 e. The summed E-state index contributed by atoms with van der Waals surface area (Å²) in [7, 11) is 0. The Hall–Kier alpha value is -1.84. The molecular formula is C16H16O4. The Morgan fingerprint density at radius 2 is 2.20 bits per heavy atom. The van der Waals surface area contributed by atoms with Gasteiger partial charge < -0.3 is 9.15 Å². The van der Waals surface area contributed by atoms with Gasteiger partial charge in [-0.3, -0.25) is 9.59 Å². The molecule has 1 aromatic rings. The normalized spacial score (nSPS) is 39.2. The number of allylic oxidation sites excluding steroid dienone is 1. The van der Waals surface area contributed by atoms with E-state index in [1.807, 2.05) is 6.07 Å². The second kappa shape index (κ2) is 3.84. The largest absolute Gasteiger partial charge is 0.472 e. The van der Waals surface area contributed by atoms with E-state index in [0.717, 1.165) is 24.0 Å². The van der Waals surface area contributed by atoms with Gasteiger partial charge in [0.05, 0.1) is 18.4 Å². The third kappa shape index (κ3) is 1.42. The predicted octanol–water partition coefficient (Wildman–Crippen LogP) is 2.81. The standard InChI is InChI=1S/C16H16O4/c1-16-4-2-9-6-11(17)7-12(9)13(16)15(18)20-14(16)10-3-5-19-8-10/h3,5,7-9,13-14H,2,4,6H2,1H3/t9-,13+,14-,16+/m0/s1. The first kappa shape index (κ1) is 11.9. The minimum atomic E-state index is -0.271. The van der Waals surface area contributed by atoms with Crippen LogP contribution >= 0.6 is 0 Å². The molecule has 104 valence electrons. The number of rotatable bonds is 1. The first-order valence-electron chi connectivity index (χ1n) is 7.06. The number of cyclic esters (lactones) is 1. The number of esters is 1. The number of ketones is 1. The van der Waals surface area contributed by atoms with Crippen LogP contribution < -0.4 is 0 Å². The average molecular weight is 272 g/mol. The summed E-state index contributed by atoms with van der Waals surface area (Å²) in [6.07, 6.45) is 7.08. The van der Waals surface area contributed by atoms with Crippen molar-refractivity contribution in [2.45, 2.75) is 32.3 Å². The second-order valence-corrected chi connectivity index (χ2v) is 6.36. The Bertz CT molecular complexity index is 612. The van der Waals surface area contributed by atoms with E-state index in [-0.39, 0.29) is 35.1 Å². The van der Waals surface area contributed by atoms with Crippen molar-refractivity contribution < 1.29 is 18.7 Å². The highest BCUT2D eigenvalue weighted by Crippen LogP contribution is 2.60. The van der Waals surface area contributed by atoms with Gasteiger partial charge in [-0.25, -0.2) is 0 Å². The van der Waals surface area contributed by atoms with Crippen LogP contribution in [-0.2, 0) is 14.3 Å². The van der Waals surface area contributed by atoms with E-state index < -0.39 is 0 Å². The van der Waals surface area contributed by atoms with Crippen LogP contribution in [0.15, 0.2) is 34.7 Å². The molecule has 0 N–H and O–H groups in total. The molecule has 2 aliphatic carbocycles. The number of fused-ring (bicyclic) bond motifs is 3. The number of carbonyl (C=O) groups excluding carboxylic acids is 2. The molecule has 2 heterocycles. The average Bonchev–Trinajstić information content (AvgIpc) is 3.07. The molecule has 1 aromatic heterocycles. The highest BCUT2D eigenvalue weighted by atomic mass is 16.6. The van der Waals surface area contributed by atoms with Crippen molar-refractivity contribution in [3.8, 4) is 0 Å². The first-order valence-corrected chi connectivity index (χ1v) is 7.06. The van der Waals surface area contributed by atoms with E-state index in [4.69, 9.17) is 9.15 Å². The third-order valence-electron chi connectivity index (χ3n) is 5.19. The van der Waals surface area contributed by atoms with Gasteiger partial charge in [0.1, 0.15) is 6.10 Å². The predicted molar refractivity (Wildman–Crippen MR) is 69.6 cm³/mol. The van der Waals surface area contributed by atoms with Gasteiger partial charge in [0.15, 0.2) is 5.78 Å². The van der Waals surface area contributed by atoms with Crippen LogP contribution in [0.5, 0.6) is 0 Å². The fraction of sp³-hybridized carbons (Fsp3) is 0.500. The maximum atomic E-state index is 12.4. The molecule has 0 bridgehead atoms. The van der Waals surface area contributed by atoms with Crippen molar-refractivity contribution in [3.05, 3.63) is 35.8 Å². The molecule has 20 heavy (non-hydrogen) atoms. The van der Waals surface area contributed by atoms with Crippen molar-refractivity contribution in [1.82, 2.24) is 0 Å². The minimum absolute atomic E-state index is 0.147. The number of carbonyl (C=O) groups is 2. The lowest BCUT2D eigenvalue weighted by atomic mass is 9.61. The molecule has 1 saturated carbocycles. The summed E-state index contributed by atoms with van der Waals surface area (Å²) >= 11 is 0. The third-order valence-corrected chi connectivity index (χ3v) is 5.19. The van der Waals surface area contributed by atoms with Gasteiger partial charge in [-0.1, -0.05) is 6.92 Å². The smallest absolute Gasteiger partial charge is 0.314 e. The zero-order valence-corrected chi connectivity index (χ0v) is 11.3. The van der Waals surface area contributed by atoms with E-state index in [2.05, 4.69) is 6.92 Å². The van der Waals surface area contributed by atoms with Crippen LogP contribution in [0, 0.1) is 17.3 Å². The van der Waals surface area contributed by atoms with Crippen LogP contribution in [0.3, 0.4) is 0 Å². The summed E-state index contributed by atoms with van der Waals surface area (Å²) in [4.78, 5) is 24.0. The van der Waals surface area contributed by atoms with Crippen molar-refractivity contribution in [2.24, 2.45) is 17.3 Å². The summed E-state index contributed by atoms with van der Waals surface area (Å²) in [5.74, 6) is -0.0676. The molecule has 1 saturated heterocycles. The van der Waals surface area contributed by atoms with E-state index in [1.165, 1.54) is 0 Å². The highest BCUT2D eigenvalue weighted by Gasteiger charge is 2.59. The van der Waals surface area contributed by atoms with Crippen LogP contribution in [0.1, 0.15) is 37.9 Å². The van der Waals surface area contributed by atoms with E-state index in [9.17, 15) is 9.59 Å². The summed E-state index contributed by atoms with van der Waals surface area (Å²) < 4.78 is 10.8. The molecule has 0 aromatic carbocycles. The van der Waals surface area contributed by atoms with Crippen LogP contribution in [0.2, 0.25) is 0 Å². The molecule has 4 rings (SSSR count). The van der Waals surface area contributed by atoms with Gasteiger partial charge in [0.2, 0.25) is 0 Å². The maximum absolute atomic E-state index is 12.4. The van der Waals surface area contributed by atoms with Crippen molar-refractivity contribution in [1.29, 1.82) is 0 Å². The van der Waals surface area contributed by atoms with E-state index >= 15 is 0 Å². The van der Waals surface area contributed by atoms with Crippen molar-refractivity contribution >= 4 is 11.8 Å². The molecule has 1 aliphatic heterocycles. The van der Waals surface area contributed by atoms with E-state index in [0.29, 0.717) is 6.42 Å². The molecule has 0 unspecified atom stereocenters. The van der Waals surface area contributed by atoms with E-state index in [1.54, 1.807) is 18.6 Å². The highest BCUT2D eigenvalue weighted by molar-refractivity contribution is 5.96. The van der Waals surface area contributed by atoms with Crippen molar-refractivity contribution in [2.75, 3.05) is 0 Å². The summed E-state index contributed by atoms with van der Waals surface area (Å²) in [6.45, 7) is 2.10. The molecule has 2 fully saturated rings. The zero-order chi connectivity index (χ0) is 13.9. The number of hydrogen-bond acceptors (Lipinski definition) is 4. The summed E-state index contributed by atoms with van der Waals surface area (Å²) in [6, 6.07) is 1.85. The Morgan fingerprint density at radius 3 is 2.95 bits per heavy atom. The van der Waals surface area contributed by atoms with Gasteiger partial charge in [-0.2, -0.15) is 0 Å². The Morgan fingerprint density at radius 1 is 1.35 bits per heavy atom. The second-order valence-electron chi connectivity index (χ2n) is 6.36. The van der Waals surface area contributed by atoms with Gasteiger partial charge in [0, 0.05) is 17.4 Å². The SMILES string of the molecule is C[C@@]12CC[C@H]3CC(=O)C=C3[C@@H]1C(=O)O[C@H]2c1ccoc1. The van der Waals surface area contributed by atoms with Crippen LogP contribution in [0.4, 0.5) is 0 Å². The van der Waals surface area contributed by atoms with Gasteiger partial charge in [0.25, 0.3) is 0 Å². The molecule has 4 nitrogen and oxygen atoms in total. The van der Waals surface area contributed by atoms with Crippen LogP contribution in [-0.4, -0.2) is 11.8 Å². The van der Waals surface area contributed by atoms with Gasteiger partial charge in [-0.05, 0) is 36.5 Å². The molecular weight excluding hydrogens is 256 g/mol. The maximum Gasteiger partial charge on any atom is 0.314 e. The Kier molecular flexibility index (Phi) is 2.29. The fourth-order valence-corrected chi connectivity index (χ4v) is 4.20. The monoisotopic (exact) mass is 272 g/mol. The number of hydrogen-bond donors (Lipinski definition) is 0. The lowest BCUT2D eigenvalue weighted by Crippen LogP contribution is -2.36. The molecule has 4 atom stereocenters. The van der Waals surface area contributed by atoms with Gasteiger partial charge >= 0.3 is 5.97 Å². The zero-order valence-electron chi connectivity index (χ0n) is 11.3. The molecule has 3 aliphatic rings. The van der Waals surface area contributed by atoms with Gasteiger partial charge in [-0.15, -0.1) is 0 Å². The summed E-state index contributed by atoms with van der Waals surface area (Å²) in [5, 5.41) is 0. The number of furan rings is 1.